The molecule has 1 fully saturated rings. The van der Waals surface area contributed by atoms with Crippen molar-refractivity contribution in [2.24, 2.45) is 0 Å². The van der Waals surface area contributed by atoms with Crippen LogP contribution in [0.2, 0.25) is 4.34 Å². The van der Waals surface area contributed by atoms with E-state index in [0.29, 0.717) is 27.0 Å². The molecule has 1 atom stereocenters. The van der Waals surface area contributed by atoms with E-state index < -0.39 is 5.54 Å². The van der Waals surface area contributed by atoms with Crippen LogP contribution in [0.5, 0.6) is 0 Å². The largest absolute Gasteiger partial charge is 0.337 e. The highest BCUT2D eigenvalue weighted by Crippen LogP contribution is 2.32. The van der Waals surface area contributed by atoms with Crippen molar-refractivity contribution in [2.45, 2.75) is 51.6 Å². The Balaban J connectivity index is 1.46. The van der Waals surface area contributed by atoms with Crippen molar-refractivity contribution >= 4 is 46.3 Å². The number of hydrogen-bond acceptors (Lipinski definition) is 5. The minimum atomic E-state index is -1.17. The molecule has 4 rings (SSSR count). The average molecular weight is 525 g/mol. The number of amides is 3. The molecule has 0 spiro atoms. The van der Waals surface area contributed by atoms with Crippen molar-refractivity contribution in [3.8, 4) is 0 Å². The van der Waals surface area contributed by atoms with Gasteiger partial charge >= 0.3 is 0 Å². The number of halogens is 1. The van der Waals surface area contributed by atoms with Crippen LogP contribution in [0, 0.1) is 6.92 Å². The van der Waals surface area contributed by atoms with Gasteiger partial charge in [0.05, 0.1) is 15.3 Å². The molecule has 2 N–H and O–H groups in total. The highest BCUT2D eigenvalue weighted by Gasteiger charge is 2.32. The van der Waals surface area contributed by atoms with E-state index >= 15 is 0 Å². The molecule has 3 aromatic rings. The molecule has 2 aromatic heterocycles. The van der Waals surface area contributed by atoms with Crippen molar-refractivity contribution in [1.29, 1.82) is 0 Å². The van der Waals surface area contributed by atoms with Gasteiger partial charge in [-0.15, -0.1) is 11.3 Å². The molecular weight excluding hydrogens is 496 g/mol. The molecule has 9 heteroatoms. The number of thiophene rings is 1. The van der Waals surface area contributed by atoms with Gasteiger partial charge in [0.25, 0.3) is 11.8 Å². The average Bonchev–Trinajstić information content (AvgIpc) is 3.30. The molecule has 7 nitrogen and oxygen atoms in total. The fourth-order valence-electron chi connectivity index (χ4n) is 4.36. The maximum absolute atomic E-state index is 13.5. The lowest BCUT2D eigenvalue weighted by atomic mass is 9.94. The van der Waals surface area contributed by atoms with E-state index in [2.05, 4.69) is 15.6 Å². The molecular formula is C27H29ClN4O3S. The number of pyridine rings is 1. The summed E-state index contributed by atoms with van der Waals surface area (Å²) in [6.45, 7) is 5.82. The lowest BCUT2D eigenvalue weighted by Gasteiger charge is -2.36. The van der Waals surface area contributed by atoms with Gasteiger partial charge in [-0.05, 0) is 87.6 Å². The third-order valence-electron chi connectivity index (χ3n) is 6.34. The first-order valence-corrected chi connectivity index (χ1v) is 13.1. The van der Waals surface area contributed by atoms with Crippen molar-refractivity contribution < 1.29 is 14.4 Å². The van der Waals surface area contributed by atoms with E-state index in [1.807, 2.05) is 30.2 Å². The highest BCUT2D eigenvalue weighted by molar-refractivity contribution is 7.18. The first-order chi connectivity index (χ1) is 17.2. The van der Waals surface area contributed by atoms with Gasteiger partial charge in [-0.2, -0.15) is 0 Å². The molecule has 36 heavy (non-hydrogen) atoms. The zero-order chi connectivity index (χ0) is 25.9. The summed E-state index contributed by atoms with van der Waals surface area (Å²) >= 11 is 7.06. The number of anilines is 1. The van der Waals surface area contributed by atoms with E-state index in [1.165, 1.54) is 0 Å². The van der Waals surface area contributed by atoms with Crippen LogP contribution in [-0.4, -0.2) is 39.7 Å². The zero-order valence-electron chi connectivity index (χ0n) is 20.5. The summed E-state index contributed by atoms with van der Waals surface area (Å²) in [6.07, 6.45) is 6.51. The number of carbonyl (C=O) groups is 3. The molecule has 0 radical (unpaired) electrons. The predicted molar refractivity (Wildman–Crippen MR) is 143 cm³/mol. The molecule has 3 heterocycles. The number of nitrogens with zero attached hydrogens (tertiary/aromatic N) is 2. The van der Waals surface area contributed by atoms with Gasteiger partial charge in [-0.1, -0.05) is 17.7 Å². The molecule has 0 aliphatic carbocycles. The van der Waals surface area contributed by atoms with Crippen molar-refractivity contribution in [1.82, 2.24) is 15.2 Å². The van der Waals surface area contributed by atoms with E-state index in [0.717, 1.165) is 41.7 Å². The van der Waals surface area contributed by atoms with E-state index in [4.69, 9.17) is 11.6 Å². The van der Waals surface area contributed by atoms with Crippen LogP contribution in [0.15, 0.2) is 54.9 Å². The van der Waals surface area contributed by atoms with Crippen LogP contribution in [0.4, 0.5) is 5.69 Å². The fourth-order valence-corrected chi connectivity index (χ4v) is 5.29. The van der Waals surface area contributed by atoms with Crippen LogP contribution in [0.25, 0.3) is 0 Å². The summed E-state index contributed by atoms with van der Waals surface area (Å²) in [5, 5.41) is 5.60. The second kappa shape index (κ2) is 10.8. The van der Waals surface area contributed by atoms with Crippen LogP contribution in [0.1, 0.15) is 70.3 Å². The van der Waals surface area contributed by atoms with Gasteiger partial charge in [0.1, 0.15) is 5.54 Å². The van der Waals surface area contributed by atoms with Crippen LogP contribution >= 0.6 is 22.9 Å². The number of aryl methyl sites for hydroxylation is 1. The summed E-state index contributed by atoms with van der Waals surface area (Å²) in [5.74, 6) is -0.764. The van der Waals surface area contributed by atoms with E-state index in [9.17, 15) is 14.4 Å². The summed E-state index contributed by atoms with van der Waals surface area (Å²) in [4.78, 5) is 45.6. The number of carbonyl (C=O) groups excluding carboxylic acids is 3. The Morgan fingerprint density at radius 2 is 1.94 bits per heavy atom. The first kappa shape index (κ1) is 25.9. The number of likely N-dealkylation sites (tertiary alicyclic amines) is 1. The molecule has 3 amide bonds. The van der Waals surface area contributed by atoms with E-state index in [1.54, 1.807) is 50.4 Å². The Kier molecular flexibility index (Phi) is 7.76. The molecule has 0 saturated carbocycles. The van der Waals surface area contributed by atoms with Gasteiger partial charge in [-0.25, -0.2) is 0 Å². The predicted octanol–water partition coefficient (Wildman–Crippen LogP) is 5.62. The molecule has 0 bridgehead atoms. The summed E-state index contributed by atoms with van der Waals surface area (Å²) < 4.78 is 0.504. The van der Waals surface area contributed by atoms with Gasteiger partial charge < -0.3 is 15.5 Å². The van der Waals surface area contributed by atoms with Crippen LogP contribution < -0.4 is 10.6 Å². The number of benzene rings is 1. The quantitative estimate of drug-likeness (QED) is 0.438. The number of aromatic nitrogens is 1. The van der Waals surface area contributed by atoms with Gasteiger partial charge in [-0.3, -0.25) is 19.4 Å². The van der Waals surface area contributed by atoms with Gasteiger partial charge in [0.2, 0.25) is 5.91 Å². The third-order valence-corrected chi connectivity index (χ3v) is 7.57. The Labute approximate surface area is 219 Å². The molecule has 1 aliphatic rings. The Morgan fingerprint density at radius 3 is 2.61 bits per heavy atom. The van der Waals surface area contributed by atoms with Gasteiger partial charge in [0, 0.05) is 30.2 Å². The molecule has 188 valence electrons. The zero-order valence-corrected chi connectivity index (χ0v) is 22.1. The molecule has 1 aliphatic heterocycles. The Morgan fingerprint density at radius 1 is 1.14 bits per heavy atom. The fraction of sp³-hybridized carbons (Fsp3) is 0.333. The normalized spacial score (nSPS) is 15.9. The molecule has 1 saturated heterocycles. The SMILES string of the molecule is Cc1cc(NC(=O)C(C)(C)NC(=O)c2ccc(Cl)s2)ccc1C(=O)N1CCCCC1c1cccnc1. The Bertz CT molecular complexity index is 1280. The van der Waals surface area contributed by atoms with Crippen molar-refractivity contribution in [3.63, 3.8) is 0 Å². The smallest absolute Gasteiger partial charge is 0.262 e. The van der Waals surface area contributed by atoms with Crippen molar-refractivity contribution in [2.75, 3.05) is 11.9 Å². The maximum atomic E-state index is 13.5. The Hall–Kier alpha value is -3.23. The second-order valence-corrected chi connectivity index (χ2v) is 11.2. The first-order valence-electron chi connectivity index (χ1n) is 11.9. The summed E-state index contributed by atoms with van der Waals surface area (Å²) in [7, 11) is 0. The standard InChI is InChI=1S/C27H29ClN4O3S/c1-17-15-19(30-26(35)27(2,3)31-24(33)22-11-12-23(28)36-22)9-10-20(17)25(34)32-14-5-4-8-21(32)18-7-6-13-29-16-18/h6-7,9-13,15-16,21H,4-5,8,14H2,1-3H3,(H,30,35)(H,31,33). The maximum Gasteiger partial charge on any atom is 0.262 e. The van der Waals surface area contributed by atoms with Gasteiger partial charge in [0.15, 0.2) is 0 Å². The van der Waals surface area contributed by atoms with Crippen molar-refractivity contribution in [3.05, 3.63) is 80.8 Å². The monoisotopic (exact) mass is 524 g/mol. The number of hydrogen-bond donors (Lipinski definition) is 2. The number of piperidine rings is 1. The molecule has 1 aromatic carbocycles. The second-order valence-electron chi connectivity index (χ2n) is 9.46. The lowest BCUT2D eigenvalue weighted by Crippen LogP contribution is -2.52. The topological polar surface area (TPSA) is 91.4 Å². The third kappa shape index (κ3) is 5.77. The van der Waals surface area contributed by atoms with Crippen LogP contribution in [0.3, 0.4) is 0 Å². The van der Waals surface area contributed by atoms with Crippen LogP contribution in [-0.2, 0) is 4.79 Å². The summed E-state index contributed by atoms with van der Waals surface area (Å²) in [5.41, 5.74) is 1.80. The van der Waals surface area contributed by atoms with E-state index in [-0.39, 0.29) is 23.8 Å². The lowest BCUT2D eigenvalue weighted by molar-refractivity contribution is -0.120. The minimum Gasteiger partial charge on any atom is -0.337 e. The highest BCUT2D eigenvalue weighted by atomic mass is 35.5. The number of nitrogens with one attached hydrogen (secondary N) is 2. The molecule has 1 unspecified atom stereocenters. The summed E-state index contributed by atoms with van der Waals surface area (Å²) in [6, 6.07) is 12.4. The minimum absolute atomic E-state index is 0.00127. The number of rotatable bonds is 6.